The van der Waals surface area contributed by atoms with E-state index in [9.17, 15) is 9.90 Å². The molecule has 0 saturated carbocycles. The second kappa shape index (κ2) is 10.5. The van der Waals surface area contributed by atoms with Crippen molar-refractivity contribution in [1.29, 1.82) is 0 Å². The Morgan fingerprint density at radius 2 is 2.03 bits per heavy atom. The van der Waals surface area contributed by atoms with Crippen molar-refractivity contribution < 1.29 is 14.7 Å². The Labute approximate surface area is 201 Å². The number of nitrogens with zero attached hydrogens (tertiary/aromatic N) is 2. The Hall–Kier alpha value is -3.72. The number of hydroxylamine groups is 1. The van der Waals surface area contributed by atoms with Crippen molar-refractivity contribution >= 4 is 39.9 Å². The summed E-state index contributed by atoms with van der Waals surface area (Å²) in [4.78, 5) is 26.2. The molecule has 2 aromatic heterocycles. The van der Waals surface area contributed by atoms with Crippen LogP contribution in [0.25, 0.3) is 22.2 Å². The molecule has 0 bridgehead atoms. The summed E-state index contributed by atoms with van der Waals surface area (Å²) < 4.78 is 0. The zero-order valence-corrected chi connectivity index (χ0v) is 19.2. The lowest BCUT2D eigenvalue weighted by Gasteiger charge is -2.12. The fraction of sp³-hybridized carbons (Fsp3) is 0.160. The second-order valence-electron chi connectivity index (χ2n) is 7.80. The summed E-state index contributed by atoms with van der Waals surface area (Å²) in [7, 11) is 0. The molecule has 4 aromatic rings. The number of pyridine rings is 2. The van der Waals surface area contributed by atoms with Gasteiger partial charge in [-0.25, -0.2) is 10.5 Å². The van der Waals surface area contributed by atoms with E-state index in [2.05, 4.69) is 26.8 Å². The highest BCUT2D eigenvalue weighted by Gasteiger charge is 2.13. The van der Waals surface area contributed by atoms with Gasteiger partial charge in [0.05, 0.1) is 33.6 Å². The summed E-state index contributed by atoms with van der Waals surface area (Å²) in [5, 5.41) is 13.8. The van der Waals surface area contributed by atoms with Crippen molar-refractivity contribution in [2.45, 2.75) is 19.6 Å². The lowest BCUT2D eigenvalue weighted by Crippen LogP contribution is -2.27. The van der Waals surface area contributed by atoms with E-state index in [1.165, 1.54) is 0 Å². The van der Waals surface area contributed by atoms with Gasteiger partial charge in [-0.2, -0.15) is 0 Å². The summed E-state index contributed by atoms with van der Waals surface area (Å²) in [5.74, 6) is 0.0451. The molecule has 174 valence electrons. The van der Waals surface area contributed by atoms with E-state index in [1.54, 1.807) is 43.5 Å². The molecule has 4 rings (SSSR count). The fourth-order valence-electron chi connectivity index (χ4n) is 3.33. The van der Waals surface area contributed by atoms with Crippen LogP contribution in [0, 0.1) is 0 Å². The SMILES string of the molecule is CC(O)CONC(=O)c1ccc(-c2ccc(N)c(NCc3ccc4ncccc4c3)n2)cc1Cl. The molecule has 2 heterocycles. The number of hydrogen-bond donors (Lipinski definition) is 4. The van der Waals surface area contributed by atoms with Crippen LogP contribution < -0.4 is 16.5 Å². The number of rotatable bonds is 8. The van der Waals surface area contributed by atoms with Crippen molar-refractivity contribution in [1.82, 2.24) is 15.4 Å². The number of fused-ring (bicyclic) bond motifs is 1. The van der Waals surface area contributed by atoms with Gasteiger partial charge in [0.25, 0.3) is 5.91 Å². The number of nitrogen functional groups attached to an aromatic ring is 1. The molecule has 1 unspecified atom stereocenters. The molecule has 0 saturated heterocycles. The number of nitrogens with one attached hydrogen (secondary N) is 2. The number of aliphatic hydroxyl groups excluding tert-OH is 1. The lowest BCUT2D eigenvalue weighted by atomic mass is 10.1. The minimum atomic E-state index is -0.698. The van der Waals surface area contributed by atoms with Crippen LogP contribution >= 0.6 is 11.6 Å². The zero-order chi connectivity index (χ0) is 24.1. The first-order valence-corrected chi connectivity index (χ1v) is 11.0. The number of hydrogen-bond acceptors (Lipinski definition) is 7. The number of aromatic nitrogens is 2. The van der Waals surface area contributed by atoms with Crippen molar-refractivity contribution in [3.63, 3.8) is 0 Å². The summed E-state index contributed by atoms with van der Waals surface area (Å²) in [6.07, 6.45) is 1.07. The van der Waals surface area contributed by atoms with Gasteiger partial charge in [0.2, 0.25) is 0 Å². The highest BCUT2D eigenvalue weighted by Crippen LogP contribution is 2.28. The highest BCUT2D eigenvalue weighted by molar-refractivity contribution is 6.34. The number of carbonyl (C=O) groups is 1. The summed E-state index contributed by atoms with van der Waals surface area (Å²) in [5.41, 5.74) is 12.6. The molecule has 1 atom stereocenters. The maximum Gasteiger partial charge on any atom is 0.276 e. The van der Waals surface area contributed by atoms with Crippen LogP contribution in [0.15, 0.2) is 66.9 Å². The van der Waals surface area contributed by atoms with Crippen LogP contribution in [0.5, 0.6) is 0 Å². The van der Waals surface area contributed by atoms with Gasteiger partial charge in [-0.05, 0) is 55.0 Å². The summed E-state index contributed by atoms with van der Waals surface area (Å²) in [6, 6.07) is 18.5. The van der Waals surface area contributed by atoms with Gasteiger partial charge in [-0.1, -0.05) is 29.8 Å². The van der Waals surface area contributed by atoms with Crippen molar-refractivity contribution in [3.05, 3.63) is 83.0 Å². The van der Waals surface area contributed by atoms with Crippen molar-refractivity contribution in [3.8, 4) is 11.3 Å². The zero-order valence-electron chi connectivity index (χ0n) is 18.5. The molecular weight excluding hydrogens is 454 g/mol. The number of halogens is 1. The fourth-order valence-corrected chi connectivity index (χ4v) is 3.60. The van der Waals surface area contributed by atoms with Gasteiger partial charge in [0.1, 0.15) is 12.4 Å². The average molecular weight is 478 g/mol. The molecule has 0 aliphatic rings. The second-order valence-corrected chi connectivity index (χ2v) is 8.21. The number of anilines is 2. The Balaban J connectivity index is 1.48. The van der Waals surface area contributed by atoms with E-state index in [0.717, 1.165) is 22.0 Å². The third-order valence-electron chi connectivity index (χ3n) is 5.05. The number of benzene rings is 2. The van der Waals surface area contributed by atoms with E-state index >= 15 is 0 Å². The standard InChI is InChI=1S/C25H24ClN5O3/c1-15(32)14-34-31-25(33)19-6-5-18(12-20(19)26)23-9-7-21(27)24(30-23)29-13-16-4-8-22-17(11-16)3-2-10-28-22/h2-12,15,32H,13-14,27H2,1H3,(H,29,30)(H,31,33). The average Bonchev–Trinajstić information content (AvgIpc) is 2.83. The van der Waals surface area contributed by atoms with E-state index in [4.69, 9.17) is 22.2 Å². The van der Waals surface area contributed by atoms with Gasteiger partial charge in [0.15, 0.2) is 0 Å². The summed E-state index contributed by atoms with van der Waals surface area (Å²) >= 11 is 6.34. The highest BCUT2D eigenvalue weighted by atomic mass is 35.5. The minimum absolute atomic E-state index is 0.0251. The molecule has 0 radical (unpaired) electrons. The maximum absolute atomic E-state index is 12.2. The van der Waals surface area contributed by atoms with Crippen LogP contribution in [-0.2, 0) is 11.4 Å². The normalized spacial score (nSPS) is 11.9. The quantitative estimate of drug-likeness (QED) is 0.281. The van der Waals surface area contributed by atoms with E-state index in [-0.39, 0.29) is 17.2 Å². The molecule has 0 fully saturated rings. The molecule has 5 N–H and O–H groups in total. The smallest absolute Gasteiger partial charge is 0.276 e. The van der Waals surface area contributed by atoms with E-state index in [1.807, 2.05) is 24.3 Å². The third kappa shape index (κ3) is 5.60. The van der Waals surface area contributed by atoms with Crippen LogP contribution in [0.1, 0.15) is 22.8 Å². The lowest BCUT2D eigenvalue weighted by molar-refractivity contribution is -0.00686. The topological polar surface area (TPSA) is 122 Å². The number of aliphatic hydroxyl groups is 1. The van der Waals surface area contributed by atoms with E-state index in [0.29, 0.717) is 23.7 Å². The van der Waals surface area contributed by atoms with Crippen LogP contribution in [0.4, 0.5) is 11.5 Å². The Morgan fingerprint density at radius 1 is 1.18 bits per heavy atom. The third-order valence-corrected chi connectivity index (χ3v) is 5.37. The van der Waals surface area contributed by atoms with Gasteiger partial charge in [-0.3, -0.25) is 14.6 Å². The first-order chi connectivity index (χ1) is 16.4. The molecule has 0 spiro atoms. The van der Waals surface area contributed by atoms with Gasteiger partial charge in [-0.15, -0.1) is 0 Å². The Morgan fingerprint density at radius 3 is 2.82 bits per heavy atom. The Bertz CT molecular complexity index is 1330. The van der Waals surface area contributed by atoms with Gasteiger partial charge >= 0.3 is 0 Å². The number of carbonyl (C=O) groups excluding carboxylic acids is 1. The molecule has 9 heteroatoms. The molecule has 8 nitrogen and oxygen atoms in total. The predicted molar refractivity (Wildman–Crippen MR) is 133 cm³/mol. The van der Waals surface area contributed by atoms with Gasteiger partial charge < -0.3 is 16.2 Å². The van der Waals surface area contributed by atoms with Crippen LogP contribution in [0.3, 0.4) is 0 Å². The van der Waals surface area contributed by atoms with E-state index < -0.39 is 12.0 Å². The molecular formula is C25H24ClN5O3. The number of amides is 1. The maximum atomic E-state index is 12.2. The van der Waals surface area contributed by atoms with Crippen molar-refractivity contribution in [2.24, 2.45) is 0 Å². The first kappa shape index (κ1) is 23.4. The monoisotopic (exact) mass is 477 g/mol. The first-order valence-electron chi connectivity index (χ1n) is 10.6. The molecule has 34 heavy (non-hydrogen) atoms. The van der Waals surface area contributed by atoms with Gasteiger partial charge in [0, 0.05) is 23.7 Å². The number of nitrogens with two attached hydrogens (primary N) is 1. The molecule has 0 aliphatic carbocycles. The van der Waals surface area contributed by atoms with Crippen LogP contribution in [-0.4, -0.2) is 33.7 Å². The Kier molecular flexibility index (Phi) is 7.22. The largest absolute Gasteiger partial charge is 0.396 e. The predicted octanol–water partition coefficient (Wildman–Crippen LogP) is 4.19. The van der Waals surface area contributed by atoms with Crippen LogP contribution in [0.2, 0.25) is 5.02 Å². The van der Waals surface area contributed by atoms with Crippen molar-refractivity contribution in [2.75, 3.05) is 17.7 Å². The minimum Gasteiger partial charge on any atom is -0.396 e. The summed E-state index contributed by atoms with van der Waals surface area (Å²) in [6.45, 7) is 2.07. The molecule has 2 aromatic carbocycles. The molecule has 1 amide bonds. The molecule has 0 aliphatic heterocycles.